The van der Waals surface area contributed by atoms with Crippen molar-refractivity contribution in [2.75, 3.05) is 12.4 Å². The molecule has 6 nitrogen and oxygen atoms in total. The first-order valence-corrected chi connectivity index (χ1v) is 9.60. The fourth-order valence-electron chi connectivity index (χ4n) is 4.17. The van der Waals surface area contributed by atoms with Crippen molar-refractivity contribution >= 4 is 17.6 Å². The number of fused-ring (bicyclic) bond motifs is 2. The number of hydrogen-bond acceptors (Lipinski definition) is 5. The van der Waals surface area contributed by atoms with Gasteiger partial charge in [0.2, 0.25) is 5.91 Å². The number of benzene rings is 2. The number of ether oxygens (including phenoxy) is 2. The number of nitrogens with one attached hydrogen (secondary N) is 1. The molecule has 0 fully saturated rings. The average molecular weight is 426 g/mol. The molecule has 31 heavy (non-hydrogen) atoms. The summed E-state index contributed by atoms with van der Waals surface area (Å²) in [6.07, 6.45) is 2.80. The number of carbonyl (C=O) groups is 2. The molecule has 2 aromatic rings. The van der Waals surface area contributed by atoms with Gasteiger partial charge in [-0.2, -0.15) is 0 Å². The Labute approximate surface area is 177 Å². The first-order valence-electron chi connectivity index (χ1n) is 9.60. The van der Waals surface area contributed by atoms with Gasteiger partial charge in [0.1, 0.15) is 23.3 Å². The number of methoxy groups -OCH3 is 1. The van der Waals surface area contributed by atoms with Gasteiger partial charge in [0.25, 0.3) is 0 Å². The second-order valence-corrected chi connectivity index (χ2v) is 7.38. The molecule has 2 heterocycles. The molecule has 3 N–H and O–H groups in total. The molecule has 1 amide bonds. The second-order valence-electron chi connectivity index (χ2n) is 7.38. The van der Waals surface area contributed by atoms with E-state index in [2.05, 4.69) is 5.32 Å². The third kappa shape index (κ3) is 3.70. The zero-order chi connectivity index (χ0) is 22.2. The lowest BCUT2D eigenvalue weighted by Gasteiger charge is -2.36. The van der Waals surface area contributed by atoms with Gasteiger partial charge < -0.3 is 20.5 Å². The Morgan fingerprint density at radius 3 is 2.48 bits per heavy atom. The minimum Gasteiger partial charge on any atom is -0.466 e. The molecule has 0 radical (unpaired) electrons. The van der Waals surface area contributed by atoms with Gasteiger partial charge >= 0.3 is 5.97 Å². The molecular formula is C23H20F2N2O4. The van der Waals surface area contributed by atoms with Crippen LogP contribution >= 0.6 is 0 Å². The van der Waals surface area contributed by atoms with E-state index in [4.69, 9.17) is 15.2 Å². The summed E-state index contributed by atoms with van der Waals surface area (Å²) in [5.74, 6) is -3.07. The Balaban J connectivity index is 1.82. The molecule has 0 aromatic heterocycles. The van der Waals surface area contributed by atoms with Crippen LogP contribution < -0.4 is 11.1 Å². The van der Waals surface area contributed by atoms with Crippen LogP contribution in [-0.4, -0.2) is 36.7 Å². The van der Waals surface area contributed by atoms with Crippen LogP contribution in [0.25, 0.3) is 0 Å². The number of esters is 1. The minimum absolute atomic E-state index is 0.0136. The van der Waals surface area contributed by atoms with Gasteiger partial charge in [-0.1, -0.05) is 36.4 Å². The summed E-state index contributed by atoms with van der Waals surface area (Å²) in [7, 11) is 1.19. The molecule has 2 aliphatic heterocycles. The highest BCUT2D eigenvalue weighted by Crippen LogP contribution is 2.47. The Bertz CT molecular complexity index is 1080. The number of primary amides is 1. The fourth-order valence-corrected chi connectivity index (χ4v) is 4.17. The zero-order valence-corrected chi connectivity index (χ0v) is 16.6. The number of anilines is 1. The molecule has 2 aliphatic rings. The number of halogens is 2. The predicted octanol–water partition coefficient (Wildman–Crippen LogP) is 2.65. The molecule has 8 heteroatoms. The molecule has 0 spiro atoms. The predicted molar refractivity (Wildman–Crippen MR) is 109 cm³/mol. The maximum Gasteiger partial charge on any atom is 0.337 e. The van der Waals surface area contributed by atoms with Crippen molar-refractivity contribution < 1.29 is 27.8 Å². The highest BCUT2D eigenvalue weighted by molar-refractivity contribution is 6.06. The monoisotopic (exact) mass is 426 g/mol. The van der Waals surface area contributed by atoms with Crippen LogP contribution in [0.15, 0.2) is 71.8 Å². The highest BCUT2D eigenvalue weighted by atomic mass is 19.1. The van der Waals surface area contributed by atoms with E-state index in [1.165, 1.54) is 7.11 Å². The number of hydrogen-bond donors (Lipinski definition) is 2. The second kappa shape index (κ2) is 7.96. The Morgan fingerprint density at radius 1 is 1.19 bits per heavy atom. The fraction of sp³-hybridized carbons (Fsp3) is 0.217. The van der Waals surface area contributed by atoms with Crippen LogP contribution in [0, 0.1) is 11.6 Å². The minimum atomic E-state index is -1.42. The van der Waals surface area contributed by atoms with Crippen molar-refractivity contribution in [2.24, 2.45) is 5.73 Å². The van der Waals surface area contributed by atoms with E-state index in [1.807, 2.05) is 30.3 Å². The first-order chi connectivity index (χ1) is 14.8. The van der Waals surface area contributed by atoms with Crippen molar-refractivity contribution in [2.45, 2.75) is 24.2 Å². The van der Waals surface area contributed by atoms with Gasteiger partial charge in [-0.3, -0.25) is 4.79 Å². The summed E-state index contributed by atoms with van der Waals surface area (Å²) < 4.78 is 38.7. The van der Waals surface area contributed by atoms with E-state index in [0.717, 1.165) is 23.8 Å². The van der Waals surface area contributed by atoms with Crippen molar-refractivity contribution in [1.82, 2.24) is 0 Å². The van der Waals surface area contributed by atoms with Crippen molar-refractivity contribution in [3.63, 3.8) is 0 Å². The lowest BCUT2D eigenvalue weighted by molar-refractivity contribution is -0.138. The van der Waals surface area contributed by atoms with Crippen LogP contribution in [0.3, 0.4) is 0 Å². The van der Waals surface area contributed by atoms with E-state index in [9.17, 15) is 18.4 Å². The van der Waals surface area contributed by atoms with Crippen LogP contribution in [0.4, 0.5) is 14.5 Å². The summed E-state index contributed by atoms with van der Waals surface area (Å²) >= 11 is 0. The highest BCUT2D eigenvalue weighted by Gasteiger charge is 2.57. The SMILES string of the molecule is COC(=O)C1=C(C(N)=O)C2C=CC1(C(Cc1ccccc1)Nc1cc(F)cc(F)c1)O2. The largest absolute Gasteiger partial charge is 0.466 e. The number of amides is 1. The number of rotatable bonds is 7. The van der Waals surface area contributed by atoms with Gasteiger partial charge in [-0.15, -0.1) is 0 Å². The maximum absolute atomic E-state index is 13.8. The van der Waals surface area contributed by atoms with Crippen LogP contribution in [-0.2, 0) is 25.5 Å². The topological polar surface area (TPSA) is 90.7 Å². The summed E-state index contributed by atoms with van der Waals surface area (Å²) in [6, 6.07) is 11.6. The van der Waals surface area contributed by atoms with Gasteiger partial charge in [0.05, 0.1) is 24.3 Å². The molecule has 4 rings (SSSR count). The van der Waals surface area contributed by atoms with E-state index < -0.39 is 41.3 Å². The summed E-state index contributed by atoms with van der Waals surface area (Å²) in [5.41, 5.74) is 5.15. The van der Waals surface area contributed by atoms with Crippen LogP contribution in [0.1, 0.15) is 5.56 Å². The smallest absolute Gasteiger partial charge is 0.337 e. The lowest BCUT2D eigenvalue weighted by Crippen LogP contribution is -2.49. The van der Waals surface area contributed by atoms with Crippen molar-refractivity contribution in [1.29, 1.82) is 0 Å². The van der Waals surface area contributed by atoms with Gasteiger partial charge in [-0.25, -0.2) is 13.6 Å². The summed E-state index contributed by atoms with van der Waals surface area (Å²) in [6.45, 7) is 0. The standard InChI is InChI=1S/C23H20F2N2O4/c1-30-22(29)20-19(21(26)28)17-7-8-23(20,31-17)18(9-13-5-3-2-4-6-13)27-16-11-14(24)10-15(25)12-16/h2-8,10-12,17-18,27H,9H2,1H3,(H2,26,28). The van der Waals surface area contributed by atoms with E-state index in [1.54, 1.807) is 12.2 Å². The molecule has 2 aromatic carbocycles. The zero-order valence-electron chi connectivity index (χ0n) is 16.6. The Kier molecular flexibility index (Phi) is 5.32. The molecular weight excluding hydrogens is 406 g/mol. The molecule has 3 unspecified atom stereocenters. The molecule has 0 saturated carbocycles. The summed E-state index contributed by atoms with van der Waals surface area (Å²) in [4.78, 5) is 24.8. The quantitative estimate of drug-likeness (QED) is 0.525. The van der Waals surface area contributed by atoms with E-state index in [0.29, 0.717) is 6.42 Å². The molecule has 3 atom stereocenters. The van der Waals surface area contributed by atoms with Crippen molar-refractivity contribution in [3.05, 3.63) is 89.0 Å². The van der Waals surface area contributed by atoms with E-state index >= 15 is 0 Å². The lowest BCUT2D eigenvalue weighted by atomic mass is 9.79. The number of nitrogens with two attached hydrogens (primary N) is 1. The normalized spacial score (nSPS) is 22.5. The van der Waals surface area contributed by atoms with E-state index in [-0.39, 0.29) is 16.8 Å². The van der Waals surface area contributed by atoms with Gasteiger partial charge in [0, 0.05) is 11.8 Å². The first kappa shape index (κ1) is 20.7. The molecule has 160 valence electrons. The number of carbonyl (C=O) groups excluding carboxylic acids is 2. The van der Waals surface area contributed by atoms with Gasteiger partial charge in [-0.05, 0) is 30.2 Å². The molecule has 0 saturated heterocycles. The molecule has 0 aliphatic carbocycles. The van der Waals surface area contributed by atoms with Gasteiger partial charge in [0.15, 0.2) is 0 Å². The third-order valence-corrected chi connectivity index (χ3v) is 5.44. The average Bonchev–Trinajstić information content (AvgIpc) is 3.31. The Hall–Kier alpha value is -3.52. The van der Waals surface area contributed by atoms with Crippen LogP contribution in [0.5, 0.6) is 0 Å². The third-order valence-electron chi connectivity index (χ3n) is 5.44. The van der Waals surface area contributed by atoms with Crippen molar-refractivity contribution in [3.8, 4) is 0 Å². The Morgan fingerprint density at radius 2 is 1.87 bits per heavy atom. The summed E-state index contributed by atoms with van der Waals surface area (Å²) in [5, 5.41) is 3.09. The van der Waals surface area contributed by atoms with Crippen LogP contribution in [0.2, 0.25) is 0 Å². The maximum atomic E-state index is 13.8. The molecule has 2 bridgehead atoms.